The topological polar surface area (TPSA) is 79.6 Å². The minimum atomic E-state index is -0.623. The van der Waals surface area contributed by atoms with Crippen LogP contribution in [0.4, 0.5) is 0 Å². The molecule has 0 bridgehead atoms. The van der Waals surface area contributed by atoms with Crippen LogP contribution in [0.2, 0.25) is 0 Å². The van der Waals surface area contributed by atoms with Crippen LogP contribution < -0.4 is 10.1 Å². The molecule has 1 heterocycles. The van der Waals surface area contributed by atoms with E-state index in [-0.39, 0.29) is 18.0 Å². The average Bonchev–Trinajstić information content (AvgIpc) is 3.26. The second-order valence-electron chi connectivity index (χ2n) is 6.90. The predicted molar refractivity (Wildman–Crippen MR) is 98.3 cm³/mol. The number of ether oxygens (including phenoxy) is 1. The predicted octanol–water partition coefficient (Wildman–Crippen LogP) is 1.32. The van der Waals surface area contributed by atoms with Gasteiger partial charge < -0.3 is 24.6 Å². The van der Waals surface area contributed by atoms with Gasteiger partial charge in [-0.2, -0.15) is 0 Å². The molecule has 1 aliphatic carbocycles. The molecule has 0 spiro atoms. The maximum atomic E-state index is 12.5. The van der Waals surface area contributed by atoms with Gasteiger partial charge in [-0.05, 0) is 51.2 Å². The molecule has 1 fully saturated rings. The molecule has 1 aromatic carbocycles. The Morgan fingerprint density at radius 2 is 2.12 bits per heavy atom. The van der Waals surface area contributed by atoms with Crippen LogP contribution in [-0.4, -0.2) is 64.9 Å². The number of likely N-dealkylation sites (N-methyl/N-ethyl adjacent to an activating group) is 1. The fraction of sp³-hybridized carbons (Fsp3) is 0.474. The van der Waals surface area contributed by atoms with Crippen LogP contribution in [0.1, 0.15) is 29.2 Å². The fourth-order valence-electron chi connectivity index (χ4n) is 3.21. The number of carbonyl (C=O) groups is 1. The second-order valence-corrected chi connectivity index (χ2v) is 6.90. The molecule has 0 radical (unpaired) electrons. The summed E-state index contributed by atoms with van der Waals surface area (Å²) in [6, 6.07) is 6.78. The summed E-state index contributed by atoms with van der Waals surface area (Å²) in [5.74, 6) is 0.560. The number of aromatic nitrogens is 2. The first-order chi connectivity index (χ1) is 12.5. The van der Waals surface area contributed by atoms with Crippen molar-refractivity contribution in [1.82, 2.24) is 19.8 Å². The summed E-state index contributed by atoms with van der Waals surface area (Å²) < 4.78 is 7.53. The molecule has 2 aromatic rings. The number of carbonyl (C=O) groups excluding carboxylic acids is 1. The van der Waals surface area contributed by atoms with Crippen LogP contribution >= 0.6 is 0 Å². The third kappa shape index (κ3) is 4.42. The molecular weight excluding hydrogens is 332 g/mol. The lowest BCUT2D eigenvalue weighted by molar-refractivity contribution is 0.0813. The molecule has 2 N–H and O–H groups in total. The molecule has 26 heavy (non-hydrogen) atoms. The number of nitrogens with zero attached hydrogens (tertiary/aromatic N) is 3. The summed E-state index contributed by atoms with van der Waals surface area (Å²) >= 11 is 0. The summed E-state index contributed by atoms with van der Waals surface area (Å²) in [5.41, 5.74) is 0.559. The van der Waals surface area contributed by atoms with E-state index in [2.05, 4.69) is 10.3 Å². The van der Waals surface area contributed by atoms with E-state index in [1.165, 1.54) is 0 Å². The highest BCUT2D eigenvalue weighted by atomic mass is 16.5. The minimum Gasteiger partial charge on any atom is -0.492 e. The molecule has 7 heteroatoms. The largest absolute Gasteiger partial charge is 0.492 e. The molecule has 0 aliphatic heterocycles. The summed E-state index contributed by atoms with van der Waals surface area (Å²) in [5, 5.41) is 13.5. The van der Waals surface area contributed by atoms with Crippen LogP contribution in [0.25, 0.3) is 0 Å². The zero-order chi connectivity index (χ0) is 18.5. The quantitative estimate of drug-likeness (QED) is 0.780. The van der Waals surface area contributed by atoms with E-state index in [4.69, 9.17) is 4.74 Å². The third-order valence-corrected chi connectivity index (χ3v) is 4.73. The van der Waals surface area contributed by atoms with Gasteiger partial charge in [-0.3, -0.25) is 4.79 Å². The van der Waals surface area contributed by atoms with Gasteiger partial charge in [-0.1, -0.05) is 0 Å². The number of benzene rings is 1. The van der Waals surface area contributed by atoms with Crippen molar-refractivity contribution in [3.8, 4) is 5.75 Å². The Balaban J connectivity index is 1.53. The lowest BCUT2D eigenvalue weighted by atomic mass is 10.1. The number of aliphatic hydroxyl groups is 1. The molecule has 7 nitrogen and oxygen atoms in total. The SMILES string of the molecule is CN(C)CCOc1ccc(C(=O)N[C@@H]2CC[C@@H](n3ccnc3)[C@@H]2O)cc1. The molecule has 1 aliphatic rings. The van der Waals surface area contributed by atoms with Gasteiger partial charge in [-0.25, -0.2) is 4.98 Å². The van der Waals surface area contributed by atoms with E-state index in [1.54, 1.807) is 36.8 Å². The number of nitrogens with one attached hydrogen (secondary N) is 1. The first kappa shape index (κ1) is 18.4. The van der Waals surface area contributed by atoms with Crippen molar-refractivity contribution in [1.29, 1.82) is 0 Å². The summed E-state index contributed by atoms with van der Waals surface area (Å²) in [6.07, 6.45) is 6.16. The average molecular weight is 358 g/mol. The zero-order valence-corrected chi connectivity index (χ0v) is 15.2. The van der Waals surface area contributed by atoms with Gasteiger partial charge in [0.15, 0.2) is 0 Å². The Hall–Kier alpha value is -2.38. The maximum Gasteiger partial charge on any atom is 0.251 e. The van der Waals surface area contributed by atoms with Crippen molar-refractivity contribution in [2.75, 3.05) is 27.2 Å². The van der Waals surface area contributed by atoms with E-state index >= 15 is 0 Å². The van der Waals surface area contributed by atoms with Crippen LogP contribution in [0.5, 0.6) is 5.75 Å². The number of hydrogen-bond acceptors (Lipinski definition) is 5. The van der Waals surface area contributed by atoms with Gasteiger partial charge in [0.25, 0.3) is 5.91 Å². The first-order valence-corrected chi connectivity index (χ1v) is 8.88. The van der Waals surface area contributed by atoms with Gasteiger partial charge >= 0.3 is 0 Å². The van der Waals surface area contributed by atoms with Gasteiger partial charge in [-0.15, -0.1) is 0 Å². The van der Waals surface area contributed by atoms with Gasteiger partial charge in [0, 0.05) is 24.5 Å². The highest BCUT2D eigenvalue weighted by molar-refractivity contribution is 5.94. The lowest BCUT2D eigenvalue weighted by Gasteiger charge is -2.21. The maximum absolute atomic E-state index is 12.5. The molecule has 3 atom stereocenters. The fourth-order valence-corrected chi connectivity index (χ4v) is 3.21. The molecular formula is C19H26N4O3. The van der Waals surface area contributed by atoms with Crippen molar-refractivity contribution in [2.45, 2.75) is 31.0 Å². The number of hydrogen-bond donors (Lipinski definition) is 2. The van der Waals surface area contributed by atoms with E-state index in [1.807, 2.05) is 29.8 Å². The Labute approximate surface area is 153 Å². The first-order valence-electron chi connectivity index (χ1n) is 8.88. The van der Waals surface area contributed by atoms with Crippen LogP contribution in [0.15, 0.2) is 43.0 Å². The molecule has 0 saturated heterocycles. The lowest BCUT2D eigenvalue weighted by Crippen LogP contribution is -2.42. The van der Waals surface area contributed by atoms with Crippen LogP contribution in [-0.2, 0) is 0 Å². The van der Waals surface area contributed by atoms with Gasteiger partial charge in [0.1, 0.15) is 12.4 Å². The minimum absolute atomic E-state index is 0.0460. The van der Waals surface area contributed by atoms with Crippen molar-refractivity contribution in [2.24, 2.45) is 0 Å². The van der Waals surface area contributed by atoms with E-state index in [0.29, 0.717) is 12.2 Å². The highest BCUT2D eigenvalue weighted by Crippen LogP contribution is 2.30. The van der Waals surface area contributed by atoms with E-state index in [0.717, 1.165) is 25.1 Å². The van der Waals surface area contributed by atoms with E-state index in [9.17, 15) is 9.90 Å². The molecule has 140 valence electrons. The zero-order valence-electron chi connectivity index (χ0n) is 15.2. The van der Waals surface area contributed by atoms with Crippen LogP contribution in [0.3, 0.4) is 0 Å². The van der Waals surface area contributed by atoms with Crippen molar-refractivity contribution in [3.05, 3.63) is 48.5 Å². The van der Waals surface area contributed by atoms with Gasteiger partial charge in [0.05, 0.1) is 24.5 Å². The molecule has 1 amide bonds. The monoisotopic (exact) mass is 358 g/mol. The number of imidazole rings is 1. The van der Waals surface area contributed by atoms with Crippen molar-refractivity contribution in [3.63, 3.8) is 0 Å². The van der Waals surface area contributed by atoms with Crippen molar-refractivity contribution < 1.29 is 14.6 Å². The van der Waals surface area contributed by atoms with Gasteiger partial charge in [0.2, 0.25) is 0 Å². The summed E-state index contributed by atoms with van der Waals surface area (Å²) in [7, 11) is 3.98. The van der Waals surface area contributed by atoms with Crippen LogP contribution in [0, 0.1) is 0 Å². The summed E-state index contributed by atoms with van der Waals surface area (Å²) in [4.78, 5) is 18.5. The standard InChI is InChI=1S/C19H26N4O3/c1-22(2)11-12-26-15-5-3-14(4-6-15)19(25)21-16-7-8-17(18(16)24)23-10-9-20-13-23/h3-6,9-10,13,16-18,24H,7-8,11-12H2,1-2H3,(H,21,25)/t16-,17-,18-/m1/s1. The Kier molecular flexibility index (Phi) is 5.90. The number of amides is 1. The highest BCUT2D eigenvalue weighted by Gasteiger charge is 2.36. The molecule has 1 saturated carbocycles. The smallest absolute Gasteiger partial charge is 0.251 e. The molecule has 1 aromatic heterocycles. The van der Waals surface area contributed by atoms with E-state index < -0.39 is 6.10 Å². The Morgan fingerprint density at radius 1 is 1.35 bits per heavy atom. The molecule has 3 rings (SSSR count). The second kappa shape index (κ2) is 8.33. The number of rotatable bonds is 7. The summed E-state index contributed by atoms with van der Waals surface area (Å²) in [6.45, 7) is 1.43. The normalized spacial score (nSPS) is 22.5. The molecule has 0 unspecified atom stereocenters. The Morgan fingerprint density at radius 3 is 2.77 bits per heavy atom. The van der Waals surface area contributed by atoms with Crippen molar-refractivity contribution >= 4 is 5.91 Å². The number of aliphatic hydroxyl groups excluding tert-OH is 1. The third-order valence-electron chi connectivity index (χ3n) is 4.73. The Bertz CT molecular complexity index is 700.